The second-order valence-electron chi connectivity index (χ2n) is 25.0. The molecule has 0 N–H and O–H groups in total. The van der Waals surface area contributed by atoms with Crippen molar-refractivity contribution >= 4 is 93.4 Å². The Morgan fingerprint density at radius 1 is 0.580 bits per heavy atom. The van der Waals surface area contributed by atoms with Gasteiger partial charge in [0.15, 0.2) is 0 Å². The number of anilines is 2. The fourth-order valence-electron chi connectivity index (χ4n) is 13.7. The van der Waals surface area contributed by atoms with Crippen molar-refractivity contribution in [2.75, 3.05) is 4.81 Å². The summed E-state index contributed by atoms with van der Waals surface area (Å²) in [5, 5.41) is 6.69. The Bertz CT molecular complexity index is 3890. The minimum absolute atomic E-state index is 0.0272. The molecular formula is C64H61BN2OS. The van der Waals surface area contributed by atoms with E-state index >= 15 is 0 Å². The Balaban J connectivity index is 1.23. The number of furan rings is 1. The van der Waals surface area contributed by atoms with Crippen molar-refractivity contribution in [1.29, 1.82) is 0 Å². The van der Waals surface area contributed by atoms with Crippen LogP contribution in [0.4, 0.5) is 11.4 Å². The van der Waals surface area contributed by atoms with Gasteiger partial charge in [0.05, 0.1) is 17.3 Å². The maximum absolute atomic E-state index is 6.74. The first kappa shape index (κ1) is 41.9. The molecule has 0 atom stereocenters. The number of thiophene rings is 1. The Morgan fingerprint density at radius 2 is 1.20 bits per heavy atom. The average Bonchev–Trinajstić information content (AvgIpc) is 4.02. The summed E-state index contributed by atoms with van der Waals surface area (Å²) in [6, 6.07) is 45.2. The molecule has 4 aliphatic rings. The lowest BCUT2D eigenvalue weighted by Crippen LogP contribution is -2.60. The normalized spacial score (nSPS) is 18.2. The van der Waals surface area contributed by atoms with Crippen LogP contribution in [0.25, 0.3) is 80.9 Å². The van der Waals surface area contributed by atoms with Gasteiger partial charge in [0.25, 0.3) is 0 Å². The van der Waals surface area contributed by atoms with Gasteiger partial charge in [-0.3, -0.25) is 0 Å². The molecule has 7 aromatic carbocycles. The Kier molecular flexibility index (Phi) is 8.15. The van der Waals surface area contributed by atoms with Crippen molar-refractivity contribution in [2.24, 2.45) is 0 Å². The maximum atomic E-state index is 6.74. The van der Waals surface area contributed by atoms with Crippen molar-refractivity contribution in [3.05, 3.63) is 149 Å². The van der Waals surface area contributed by atoms with E-state index in [4.69, 9.17) is 4.42 Å². The quantitative estimate of drug-likeness (QED) is 0.161. The summed E-state index contributed by atoms with van der Waals surface area (Å²) in [5.74, 6) is 0. The van der Waals surface area contributed by atoms with Crippen molar-refractivity contribution in [3.63, 3.8) is 0 Å². The zero-order chi connectivity index (χ0) is 47.5. The first-order chi connectivity index (χ1) is 32.8. The van der Waals surface area contributed by atoms with Gasteiger partial charge in [0.1, 0.15) is 5.58 Å². The molecule has 14 rings (SSSR count). The van der Waals surface area contributed by atoms with Gasteiger partial charge in [0, 0.05) is 64.5 Å². The minimum Gasteiger partial charge on any atom is -0.464 e. The number of rotatable bonds is 2. The third kappa shape index (κ3) is 5.57. The van der Waals surface area contributed by atoms with Crippen LogP contribution in [0, 0.1) is 0 Å². The Hall–Kier alpha value is -6.04. The average molecular weight is 917 g/mol. The molecule has 2 aliphatic carbocycles. The van der Waals surface area contributed by atoms with E-state index in [1.165, 1.54) is 127 Å². The molecule has 3 aromatic heterocycles. The summed E-state index contributed by atoms with van der Waals surface area (Å²) >= 11 is 2.00. The molecule has 0 fully saturated rings. The van der Waals surface area contributed by atoms with Gasteiger partial charge in [-0.2, -0.15) is 0 Å². The summed E-state index contributed by atoms with van der Waals surface area (Å²) in [6.07, 6.45) is 6.66. The summed E-state index contributed by atoms with van der Waals surface area (Å²) in [5.41, 5.74) is 22.6. The lowest BCUT2D eigenvalue weighted by molar-refractivity contribution is 0.332. The topological polar surface area (TPSA) is 21.3 Å². The molecule has 5 heterocycles. The van der Waals surface area contributed by atoms with Crippen LogP contribution in [0.2, 0.25) is 0 Å². The minimum atomic E-state index is -0.139. The van der Waals surface area contributed by atoms with Crippen molar-refractivity contribution in [3.8, 4) is 27.9 Å². The standard InChI is InChI=1S/C64H61BN2OS/c1-60(2,3)37-21-23-38(24-22-37)67-50-33-47-45(62(6,7)26-28-64(47,10)11)30-42(50)54-55-39-19-15-16-20-53(39)69-59(55)56-41-29-44-46(63(8,9)27-25-61(44,4)5)32-49(41)66-51-31-40-43(36-17-13-12-14-18-36)35-68-52(40)34-48(51)65(67)57(54)58(56)66/h12-24,29-35H,25-28H2,1-11H3. The van der Waals surface area contributed by atoms with E-state index in [0.717, 1.165) is 29.4 Å². The highest BCUT2D eigenvalue weighted by atomic mass is 32.1. The van der Waals surface area contributed by atoms with Crippen LogP contribution in [0.5, 0.6) is 0 Å². The predicted molar refractivity (Wildman–Crippen MR) is 297 cm³/mol. The summed E-state index contributed by atoms with van der Waals surface area (Å²) in [6.45, 7) is 26.7. The molecule has 342 valence electrons. The zero-order valence-corrected chi connectivity index (χ0v) is 43.0. The van der Waals surface area contributed by atoms with Crippen molar-refractivity contribution in [1.82, 2.24) is 4.57 Å². The second-order valence-corrected chi connectivity index (χ2v) is 26.1. The molecule has 2 aliphatic heterocycles. The molecule has 0 unspecified atom stereocenters. The number of hydrogen-bond acceptors (Lipinski definition) is 3. The van der Waals surface area contributed by atoms with E-state index in [0.29, 0.717) is 0 Å². The van der Waals surface area contributed by atoms with Crippen LogP contribution in [-0.2, 0) is 27.1 Å². The number of fused-ring (bicyclic) bond motifs is 16. The molecule has 10 aromatic rings. The van der Waals surface area contributed by atoms with Crippen LogP contribution in [0.3, 0.4) is 0 Å². The monoisotopic (exact) mass is 916 g/mol. The molecule has 0 bridgehead atoms. The summed E-state index contributed by atoms with van der Waals surface area (Å²) < 4.78 is 12.2. The van der Waals surface area contributed by atoms with E-state index in [9.17, 15) is 0 Å². The Labute approximate surface area is 411 Å². The van der Waals surface area contributed by atoms with Crippen molar-refractivity contribution < 1.29 is 4.42 Å². The predicted octanol–water partition coefficient (Wildman–Crippen LogP) is 16.8. The van der Waals surface area contributed by atoms with Gasteiger partial charge in [-0.05, 0) is 157 Å². The molecule has 5 heteroatoms. The fourth-order valence-corrected chi connectivity index (χ4v) is 14.9. The molecular weight excluding hydrogens is 856 g/mol. The van der Waals surface area contributed by atoms with Crippen LogP contribution in [0.15, 0.2) is 126 Å². The Morgan fingerprint density at radius 3 is 1.88 bits per heavy atom. The van der Waals surface area contributed by atoms with Crippen LogP contribution >= 0.6 is 11.3 Å². The third-order valence-corrected chi connectivity index (χ3v) is 19.1. The summed E-state index contributed by atoms with van der Waals surface area (Å²) in [7, 11) is 0. The van der Waals surface area contributed by atoms with Gasteiger partial charge in [-0.1, -0.05) is 137 Å². The van der Waals surface area contributed by atoms with E-state index in [2.05, 4.69) is 201 Å². The second kappa shape index (κ2) is 13.4. The highest BCUT2D eigenvalue weighted by Crippen LogP contribution is 2.57. The lowest BCUT2D eigenvalue weighted by Gasteiger charge is -2.46. The maximum Gasteiger partial charge on any atom is 0.333 e. The highest BCUT2D eigenvalue weighted by molar-refractivity contribution is 7.27. The van der Waals surface area contributed by atoms with Gasteiger partial charge >= 0.3 is 6.85 Å². The van der Waals surface area contributed by atoms with Crippen LogP contribution in [-0.4, -0.2) is 11.4 Å². The molecule has 0 saturated carbocycles. The molecule has 3 nitrogen and oxygen atoms in total. The van der Waals surface area contributed by atoms with E-state index in [1.807, 2.05) is 17.6 Å². The van der Waals surface area contributed by atoms with Crippen LogP contribution < -0.4 is 15.7 Å². The molecule has 0 spiro atoms. The van der Waals surface area contributed by atoms with Gasteiger partial charge in [-0.15, -0.1) is 11.3 Å². The van der Waals surface area contributed by atoms with Crippen molar-refractivity contribution in [2.45, 2.75) is 129 Å². The van der Waals surface area contributed by atoms with E-state index < -0.39 is 0 Å². The number of aromatic nitrogens is 1. The smallest absolute Gasteiger partial charge is 0.333 e. The number of nitrogens with zero attached hydrogens (tertiary/aromatic N) is 2. The summed E-state index contributed by atoms with van der Waals surface area (Å²) in [4.78, 5) is 2.76. The number of hydrogen-bond donors (Lipinski definition) is 0. The third-order valence-electron chi connectivity index (χ3n) is 17.9. The van der Waals surface area contributed by atoms with Crippen LogP contribution in [0.1, 0.15) is 130 Å². The molecule has 0 saturated heterocycles. The fraction of sp³-hybridized carbons (Fsp3) is 0.312. The first-order valence-corrected chi connectivity index (χ1v) is 26.3. The van der Waals surface area contributed by atoms with Gasteiger partial charge in [0.2, 0.25) is 0 Å². The van der Waals surface area contributed by atoms with E-state index in [1.54, 1.807) is 0 Å². The highest BCUT2D eigenvalue weighted by Gasteiger charge is 2.49. The van der Waals surface area contributed by atoms with E-state index in [-0.39, 0.29) is 33.9 Å². The number of benzene rings is 7. The largest absolute Gasteiger partial charge is 0.464 e. The molecule has 69 heavy (non-hydrogen) atoms. The SMILES string of the molecule is CC(C)(C)c1ccc(N2B3c4cc5occ(-c6ccccc6)c5cc4-n4c5cc6c(cc5c5c7sc8ccccc8c7c(c3c54)-c3cc4c(cc32)C(C)(C)CCC4(C)C)C(C)(C)CCC6(C)C)cc1. The van der Waals surface area contributed by atoms with Gasteiger partial charge < -0.3 is 13.8 Å². The molecule has 0 amide bonds. The van der Waals surface area contributed by atoms with Gasteiger partial charge in [-0.25, -0.2) is 0 Å². The lowest BCUT2D eigenvalue weighted by atomic mass is 9.43. The zero-order valence-electron chi connectivity index (χ0n) is 42.2. The molecule has 0 radical (unpaired) electrons. The first-order valence-electron chi connectivity index (χ1n) is 25.5.